The maximum absolute atomic E-state index is 4.23. The molecule has 1 heterocycles. The maximum Gasteiger partial charge on any atom is 0.120 e. The highest BCUT2D eigenvalue weighted by atomic mass is 15.0. The normalized spacial score (nSPS) is 27.9. The van der Waals surface area contributed by atoms with Crippen molar-refractivity contribution in [2.24, 2.45) is 11.8 Å². The van der Waals surface area contributed by atoms with Crippen LogP contribution in [0.15, 0.2) is 12.4 Å². The quantitative estimate of drug-likeness (QED) is 0.820. The number of nitrogens with zero attached hydrogens (tertiary/aromatic N) is 1. The van der Waals surface area contributed by atoms with Crippen LogP contribution in [0.2, 0.25) is 0 Å². The van der Waals surface area contributed by atoms with Gasteiger partial charge in [-0.2, -0.15) is 0 Å². The summed E-state index contributed by atoms with van der Waals surface area (Å²) in [5, 5.41) is 3.58. The zero-order valence-electron chi connectivity index (χ0n) is 10.4. The summed E-state index contributed by atoms with van der Waals surface area (Å²) < 4.78 is 0. The van der Waals surface area contributed by atoms with Gasteiger partial charge in [-0.25, -0.2) is 4.98 Å². The highest BCUT2D eigenvalue weighted by molar-refractivity contribution is 4.87. The summed E-state index contributed by atoms with van der Waals surface area (Å²) >= 11 is 0. The van der Waals surface area contributed by atoms with Gasteiger partial charge in [0.2, 0.25) is 0 Å². The monoisotopic (exact) mass is 221 g/mol. The first-order valence-electron chi connectivity index (χ1n) is 6.47. The van der Waals surface area contributed by atoms with Crippen molar-refractivity contribution >= 4 is 0 Å². The van der Waals surface area contributed by atoms with E-state index in [2.05, 4.69) is 29.1 Å². The van der Waals surface area contributed by atoms with Crippen LogP contribution >= 0.6 is 0 Å². The van der Waals surface area contributed by atoms with E-state index in [4.69, 9.17) is 0 Å². The Morgan fingerprint density at radius 1 is 1.56 bits per heavy atom. The van der Waals surface area contributed by atoms with Crippen LogP contribution in [0.1, 0.15) is 45.4 Å². The molecule has 0 amide bonds. The molecular formula is C13H23N3. The maximum atomic E-state index is 4.23. The number of rotatable bonds is 4. The van der Waals surface area contributed by atoms with Crippen molar-refractivity contribution in [3.8, 4) is 0 Å². The molecule has 0 aromatic carbocycles. The van der Waals surface area contributed by atoms with Crippen LogP contribution in [0.4, 0.5) is 0 Å². The predicted molar refractivity (Wildman–Crippen MR) is 66.0 cm³/mol. The van der Waals surface area contributed by atoms with E-state index in [1.807, 2.05) is 12.4 Å². The topological polar surface area (TPSA) is 40.7 Å². The van der Waals surface area contributed by atoms with Crippen LogP contribution in [0.25, 0.3) is 0 Å². The van der Waals surface area contributed by atoms with Crippen LogP contribution in [0.5, 0.6) is 0 Å². The summed E-state index contributed by atoms with van der Waals surface area (Å²) in [6, 6.07) is 0.604. The molecule has 2 rings (SSSR count). The Bertz CT molecular complexity index is 294. The van der Waals surface area contributed by atoms with Crippen LogP contribution in [0, 0.1) is 11.8 Å². The molecule has 2 N–H and O–H groups in total. The van der Waals surface area contributed by atoms with Gasteiger partial charge in [-0.1, -0.05) is 19.8 Å². The minimum Gasteiger partial charge on any atom is -0.348 e. The molecule has 3 atom stereocenters. The van der Waals surface area contributed by atoms with Gasteiger partial charge in [-0.3, -0.25) is 0 Å². The van der Waals surface area contributed by atoms with Gasteiger partial charge in [0.1, 0.15) is 5.82 Å². The second-order valence-electron chi connectivity index (χ2n) is 5.24. The van der Waals surface area contributed by atoms with Crippen molar-refractivity contribution < 1.29 is 0 Å². The van der Waals surface area contributed by atoms with Crippen molar-refractivity contribution in [3.63, 3.8) is 0 Å². The van der Waals surface area contributed by atoms with Gasteiger partial charge >= 0.3 is 0 Å². The lowest BCUT2D eigenvalue weighted by Crippen LogP contribution is -2.35. The third-order valence-electron chi connectivity index (χ3n) is 3.83. The van der Waals surface area contributed by atoms with Gasteiger partial charge in [0.05, 0.1) is 6.54 Å². The molecule has 16 heavy (non-hydrogen) atoms. The molecule has 1 aliphatic rings. The number of aromatic amines is 1. The van der Waals surface area contributed by atoms with E-state index in [9.17, 15) is 0 Å². The molecule has 3 nitrogen and oxygen atoms in total. The molecule has 0 saturated heterocycles. The highest BCUT2D eigenvalue weighted by Crippen LogP contribution is 2.30. The molecule has 0 radical (unpaired) electrons. The van der Waals surface area contributed by atoms with E-state index in [0.29, 0.717) is 6.04 Å². The minimum absolute atomic E-state index is 0.604. The number of aromatic nitrogens is 2. The summed E-state index contributed by atoms with van der Waals surface area (Å²) in [5.74, 6) is 2.79. The summed E-state index contributed by atoms with van der Waals surface area (Å²) in [7, 11) is 0. The van der Waals surface area contributed by atoms with Gasteiger partial charge in [-0.05, 0) is 31.6 Å². The minimum atomic E-state index is 0.604. The molecule has 0 aliphatic heterocycles. The van der Waals surface area contributed by atoms with Crippen LogP contribution in [0.3, 0.4) is 0 Å². The molecule has 3 heteroatoms. The van der Waals surface area contributed by atoms with Crippen molar-refractivity contribution in [2.75, 3.05) is 0 Å². The summed E-state index contributed by atoms with van der Waals surface area (Å²) in [5.41, 5.74) is 0. The third-order valence-corrected chi connectivity index (χ3v) is 3.83. The summed E-state index contributed by atoms with van der Waals surface area (Å²) in [6.45, 7) is 5.55. The Balaban J connectivity index is 1.76. The van der Waals surface area contributed by atoms with E-state index in [0.717, 1.165) is 24.2 Å². The molecule has 1 aromatic heterocycles. The second kappa shape index (κ2) is 5.48. The Morgan fingerprint density at radius 3 is 3.12 bits per heavy atom. The van der Waals surface area contributed by atoms with Gasteiger partial charge in [0.15, 0.2) is 0 Å². The van der Waals surface area contributed by atoms with Crippen molar-refractivity contribution in [1.82, 2.24) is 15.3 Å². The zero-order chi connectivity index (χ0) is 11.4. The summed E-state index contributed by atoms with van der Waals surface area (Å²) in [4.78, 5) is 7.36. The van der Waals surface area contributed by atoms with E-state index in [1.54, 1.807) is 0 Å². The molecule has 1 saturated carbocycles. The van der Waals surface area contributed by atoms with Crippen molar-refractivity contribution in [3.05, 3.63) is 18.2 Å². The molecule has 0 spiro atoms. The Morgan fingerprint density at radius 2 is 2.44 bits per heavy atom. The first-order valence-corrected chi connectivity index (χ1v) is 6.47. The SMILES string of the molecule is CC1CCCC(C(C)NCc2ncc[nH]2)C1. The Kier molecular flexibility index (Phi) is 3.99. The lowest BCUT2D eigenvalue weighted by atomic mass is 9.79. The lowest BCUT2D eigenvalue weighted by Gasteiger charge is -2.31. The lowest BCUT2D eigenvalue weighted by molar-refractivity contribution is 0.230. The molecule has 1 aliphatic carbocycles. The van der Waals surface area contributed by atoms with Crippen LogP contribution in [-0.4, -0.2) is 16.0 Å². The van der Waals surface area contributed by atoms with E-state index < -0.39 is 0 Å². The summed E-state index contributed by atoms with van der Waals surface area (Å²) in [6.07, 6.45) is 9.28. The fourth-order valence-corrected chi connectivity index (χ4v) is 2.75. The fourth-order valence-electron chi connectivity index (χ4n) is 2.75. The van der Waals surface area contributed by atoms with Crippen LogP contribution in [-0.2, 0) is 6.54 Å². The molecule has 1 aromatic rings. The van der Waals surface area contributed by atoms with Crippen molar-refractivity contribution in [2.45, 2.75) is 52.1 Å². The standard InChI is InChI=1S/C13H23N3/c1-10-4-3-5-12(8-10)11(2)16-9-13-14-6-7-15-13/h6-7,10-12,16H,3-5,8-9H2,1-2H3,(H,14,15). The van der Waals surface area contributed by atoms with Crippen molar-refractivity contribution in [1.29, 1.82) is 0 Å². The van der Waals surface area contributed by atoms with Gasteiger partial charge in [0.25, 0.3) is 0 Å². The van der Waals surface area contributed by atoms with E-state index in [1.165, 1.54) is 25.7 Å². The predicted octanol–water partition coefficient (Wildman–Crippen LogP) is 2.71. The van der Waals surface area contributed by atoms with E-state index >= 15 is 0 Å². The van der Waals surface area contributed by atoms with Crippen LogP contribution < -0.4 is 5.32 Å². The van der Waals surface area contributed by atoms with Gasteiger partial charge < -0.3 is 10.3 Å². The number of hydrogen-bond donors (Lipinski definition) is 2. The number of hydrogen-bond acceptors (Lipinski definition) is 2. The average Bonchev–Trinajstić information content (AvgIpc) is 2.78. The Hall–Kier alpha value is -0.830. The molecule has 3 unspecified atom stereocenters. The van der Waals surface area contributed by atoms with Gasteiger partial charge in [-0.15, -0.1) is 0 Å². The number of H-pyrrole nitrogens is 1. The number of nitrogens with one attached hydrogen (secondary N) is 2. The first kappa shape index (κ1) is 11.6. The third kappa shape index (κ3) is 3.08. The number of imidazole rings is 1. The molecule has 0 bridgehead atoms. The molecular weight excluding hydrogens is 198 g/mol. The highest BCUT2D eigenvalue weighted by Gasteiger charge is 2.23. The molecule has 1 fully saturated rings. The largest absolute Gasteiger partial charge is 0.348 e. The first-order chi connectivity index (χ1) is 7.75. The fraction of sp³-hybridized carbons (Fsp3) is 0.769. The molecule has 90 valence electrons. The smallest absolute Gasteiger partial charge is 0.120 e. The average molecular weight is 221 g/mol. The zero-order valence-corrected chi connectivity index (χ0v) is 10.4. The van der Waals surface area contributed by atoms with E-state index in [-0.39, 0.29) is 0 Å². The second-order valence-corrected chi connectivity index (χ2v) is 5.24. The Labute approximate surface area is 98.1 Å². The van der Waals surface area contributed by atoms with Gasteiger partial charge in [0, 0.05) is 18.4 Å².